The van der Waals surface area contributed by atoms with E-state index >= 15 is 0 Å². The van der Waals surface area contributed by atoms with Crippen LogP contribution in [0.25, 0.3) is 0 Å². The molecular formula is C85H158O5. The Morgan fingerprint density at radius 2 is 0.478 bits per heavy atom. The number of allylic oxidation sites excluding steroid dienone is 10. The zero-order valence-corrected chi connectivity index (χ0v) is 60.9. The number of aliphatic hydroxyl groups is 1. The number of carbonyl (C=O) groups excluding carboxylic acids is 2. The monoisotopic (exact) mass is 1260 g/mol. The van der Waals surface area contributed by atoms with E-state index in [1.54, 1.807) is 0 Å². The topological polar surface area (TPSA) is 72.8 Å². The summed E-state index contributed by atoms with van der Waals surface area (Å²) in [5.41, 5.74) is 0. The third-order valence-electron chi connectivity index (χ3n) is 18.8. The lowest BCUT2D eigenvalue weighted by Gasteiger charge is -2.15. The smallest absolute Gasteiger partial charge is 0.306 e. The van der Waals surface area contributed by atoms with Gasteiger partial charge in [-0.15, -0.1) is 0 Å². The van der Waals surface area contributed by atoms with E-state index in [1.165, 1.54) is 366 Å². The Morgan fingerprint density at radius 1 is 0.267 bits per heavy atom. The Kier molecular flexibility index (Phi) is 78.7. The van der Waals surface area contributed by atoms with E-state index in [4.69, 9.17) is 9.47 Å². The Hall–Kier alpha value is -2.40. The van der Waals surface area contributed by atoms with E-state index in [2.05, 4.69) is 74.6 Å². The average Bonchev–Trinajstić information content (AvgIpc) is 3.62. The molecule has 1 atom stereocenters. The van der Waals surface area contributed by atoms with Crippen molar-refractivity contribution in [3.63, 3.8) is 0 Å². The first-order valence-electron chi connectivity index (χ1n) is 40.8. The zero-order chi connectivity index (χ0) is 64.7. The molecule has 1 N–H and O–H groups in total. The van der Waals surface area contributed by atoms with Crippen LogP contribution in [0.5, 0.6) is 0 Å². The van der Waals surface area contributed by atoms with Gasteiger partial charge in [0.15, 0.2) is 6.10 Å². The second kappa shape index (κ2) is 80.8. The first-order valence-corrected chi connectivity index (χ1v) is 40.8. The largest absolute Gasteiger partial charge is 0.462 e. The molecule has 528 valence electrons. The SMILES string of the molecule is CC/C=C\C/C=C\C/C=C\C/C=C\CCCCCCCCCCCCCCCCCCCCCCCCCCC(=O)OC(CO)COC(=O)CCCCCCCCCCCCCCCCCCCCCCCCCCCCC/C=C\CCCCCCCCCC. The van der Waals surface area contributed by atoms with Crippen molar-refractivity contribution < 1.29 is 24.2 Å². The minimum absolute atomic E-state index is 0.0591. The Bertz CT molecular complexity index is 1520. The summed E-state index contributed by atoms with van der Waals surface area (Å²) >= 11 is 0. The summed E-state index contributed by atoms with van der Waals surface area (Å²) in [6, 6.07) is 0. The van der Waals surface area contributed by atoms with Crippen molar-refractivity contribution in [2.24, 2.45) is 0 Å². The lowest BCUT2D eigenvalue weighted by atomic mass is 10.0. The lowest BCUT2D eigenvalue weighted by Crippen LogP contribution is -2.28. The van der Waals surface area contributed by atoms with Crippen molar-refractivity contribution in [2.75, 3.05) is 13.2 Å². The van der Waals surface area contributed by atoms with Crippen molar-refractivity contribution in [3.8, 4) is 0 Å². The Balaban J connectivity index is 3.36. The van der Waals surface area contributed by atoms with Gasteiger partial charge in [0, 0.05) is 12.8 Å². The van der Waals surface area contributed by atoms with Gasteiger partial charge >= 0.3 is 11.9 Å². The minimum Gasteiger partial charge on any atom is -0.462 e. The quantitative estimate of drug-likeness (QED) is 0.0373. The van der Waals surface area contributed by atoms with Gasteiger partial charge in [-0.2, -0.15) is 0 Å². The normalized spacial score (nSPS) is 12.4. The fourth-order valence-electron chi connectivity index (χ4n) is 12.7. The highest BCUT2D eigenvalue weighted by Crippen LogP contribution is 2.20. The van der Waals surface area contributed by atoms with Gasteiger partial charge in [0.05, 0.1) is 6.61 Å². The van der Waals surface area contributed by atoms with Crippen molar-refractivity contribution in [1.29, 1.82) is 0 Å². The molecule has 0 bridgehead atoms. The molecule has 0 aliphatic rings. The molecule has 0 aliphatic carbocycles. The highest BCUT2D eigenvalue weighted by atomic mass is 16.6. The first-order chi connectivity index (χ1) is 44.6. The molecule has 0 amide bonds. The van der Waals surface area contributed by atoms with Gasteiger partial charge in [-0.1, -0.05) is 421 Å². The zero-order valence-electron chi connectivity index (χ0n) is 60.9. The second-order valence-electron chi connectivity index (χ2n) is 27.8. The Morgan fingerprint density at radius 3 is 0.733 bits per heavy atom. The Labute approximate surface area is 563 Å². The fourth-order valence-corrected chi connectivity index (χ4v) is 12.7. The van der Waals surface area contributed by atoms with Crippen LogP contribution in [0.15, 0.2) is 60.8 Å². The van der Waals surface area contributed by atoms with Gasteiger partial charge in [0.25, 0.3) is 0 Å². The number of esters is 2. The minimum atomic E-state index is -0.771. The van der Waals surface area contributed by atoms with Crippen LogP contribution < -0.4 is 0 Å². The number of ether oxygens (including phenoxy) is 2. The van der Waals surface area contributed by atoms with Crippen LogP contribution in [0.4, 0.5) is 0 Å². The van der Waals surface area contributed by atoms with Gasteiger partial charge in [-0.3, -0.25) is 9.59 Å². The molecule has 0 heterocycles. The molecule has 1 unspecified atom stereocenters. The summed E-state index contributed by atoms with van der Waals surface area (Å²) in [7, 11) is 0. The van der Waals surface area contributed by atoms with Crippen molar-refractivity contribution >= 4 is 11.9 Å². The molecule has 0 aliphatic heterocycles. The van der Waals surface area contributed by atoms with Crippen LogP contribution in [0.1, 0.15) is 450 Å². The van der Waals surface area contributed by atoms with Crippen molar-refractivity contribution in [1.82, 2.24) is 0 Å². The maximum atomic E-state index is 12.4. The second-order valence-corrected chi connectivity index (χ2v) is 27.8. The van der Waals surface area contributed by atoms with Gasteiger partial charge in [-0.25, -0.2) is 0 Å². The molecule has 0 radical (unpaired) electrons. The molecule has 5 nitrogen and oxygen atoms in total. The highest BCUT2D eigenvalue weighted by Gasteiger charge is 2.16. The molecule has 5 heteroatoms. The summed E-state index contributed by atoms with van der Waals surface area (Å²) in [5.74, 6) is -0.563. The predicted octanol–water partition coefficient (Wildman–Crippen LogP) is 28.8. The molecule has 0 aromatic heterocycles. The van der Waals surface area contributed by atoms with Crippen LogP contribution in [-0.2, 0) is 19.1 Å². The molecule has 0 fully saturated rings. The van der Waals surface area contributed by atoms with Gasteiger partial charge in [0.1, 0.15) is 6.61 Å². The van der Waals surface area contributed by atoms with Crippen LogP contribution in [0.2, 0.25) is 0 Å². The third kappa shape index (κ3) is 78.0. The number of aliphatic hydroxyl groups excluding tert-OH is 1. The molecule has 0 rings (SSSR count). The van der Waals surface area contributed by atoms with E-state index in [-0.39, 0.29) is 25.2 Å². The predicted molar refractivity (Wildman–Crippen MR) is 399 cm³/mol. The van der Waals surface area contributed by atoms with Crippen molar-refractivity contribution in [2.45, 2.75) is 457 Å². The number of unbranched alkanes of at least 4 members (excludes halogenated alkanes) is 59. The first kappa shape index (κ1) is 87.6. The summed E-state index contributed by atoms with van der Waals surface area (Å²) in [6.45, 7) is 4.09. The highest BCUT2D eigenvalue weighted by molar-refractivity contribution is 5.70. The van der Waals surface area contributed by atoms with Crippen molar-refractivity contribution in [3.05, 3.63) is 60.8 Å². The van der Waals surface area contributed by atoms with Crippen LogP contribution >= 0.6 is 0 Å². The molecule has 0 aromatic rings. The van der Waals surface area contributed by atoms with Crippen LogP contribution in [0, 0.1) is 0 Å². The standard InChI is InChI=1S/C85H158O5/c1-3-5-7-9-11-13-15-17-19-21-23-25-27-29-31-33-35-37-39-41-42-44-45-47-49-51-53-55-57-59-61-63-65-67-69-71-73-75-77-79-84(87)89-82-83(81-86)90-85(88)80-78-76-74-72-70-68-66-64-62-60-58-56-54-52-50-48-46-43-40-38-36-34-32-30-28-26-24-22-20-18-16-14-12-10-8-6-4-2/h6,8,12,14,18,20-21,23-24,26,83,86H,3-5,7,9-11,13,15-17,19,22,25,27-82H2,1-2H3/b8-6-,14-12-,20-18-,23-21-,26-24-. The van der Waals surface area contributed by atoms with E-state index in [0.717, 1.165) is 57.8 Å². The molecule has 0 spiro atoms. The van der Waals surface area contributed by atoms with Gasteiger partial charge < -0.3 is 14.6 Å². The van der Waals surface area contributed by atoms with E-state index < -0.39 is 6.10 Å². The van der Waals surface area contributed by atoms with E-state index in [0.29, 0.717) is 12.8 Å². The lowest BCUT2D eigenvalue weighted by molar-refractivity contribution is -0.161. The molecule has 0 saturated heterocycles. The molecular weight excluding hydrogens is 1100 g/mol. The summed E-state index contributed by atoms with van der Waals surface area (Å²) in [5, 5.41) is 9.73. The van der Waals surface area contributed by atoms with E-state index in [9.17, 15) is 14.7 Å². The summed E-state index contributed by atoms with van der Waals surface area (Å²) < 4.78 is 10.8. The maximum absolute atomic E-state index is 12.4. The number of hydrogen-bond donors (Lipinski definition) is 1. The summed E-state index contributed by atoms with van der Waals surface area (Å²) in [4.78, 5) is 24.7. The van der Waals surface area contributed by atoms with E-state index in [1.807, 2.05) is 0 Å². The summed E-state index contributed by atoms with van der Waals surface area (Å²) in [6.07, 6.45) is 112. The van der Waals surface area contributed by atoms with Crippen LogP contribution in [-0.4, -0.2) is 36.4 Å². The van der Waals surface area contributed by atoms with Crippen LogP contribution in [0.3, 0.4) is 0 Å². The van der Waals surface area contributed by atoms with Gasteiger partial charge in [0.2, 0.25) is 0 Å². The fraction of sp³-hybridized carbons (Fsp3) is 0.859. The number of rotatable bonds is 77. The third-order valence-corrected chi connectivity index (χ3v) is 18.8. The molecule has 90 heavy (non-hydrogen) atoms. The maximum Gasteiger partial charge on any atom is 0.306 e. The van der Waals surface area contributed by atoms with Gasteiger partial charge in [-0.05, 0) is 77.0 Å². The average molecular weight is 1260 g/mol. The number of carbonyl (C=O) groups is 2. The molecule has 0 saturated carbocycles. The number of hydrogen-bond acceptors (Lipinski definition) is 5. The molecule has 0 aromatic carbocycles.